The minimum absolute atomic E-state index is 0.212. The molecule has 0 atom stereocenters. The van der Waals surface area contributed by atoms with Crippen molar-refractivity contribution in [3.8, 4) is 0 Å². The molecule has 1 rings (SSSR count). The normalized spacial score (nSPS) is 9.45. The molecule has 0 saturated heterocycles. The summed E-state index contributed by atoms with van der Waals surface area (Å²) >= 11 is 0. The summed E-state index contributed by atoms with van der Waals surface area (Å²) in [6.45, 7) is 0. The third-order valence-electron chi connectivity index (χ3n) is 1.26. The van der Waals surface area contributed by atoms with Crippen molar-refractivity contribution in [3.05, 3.63) is 46.0 Å². The van der Waals surface area contributed by atoms with Crippen LogP contribution < -0.4 is 0 Å². The monoisotopic (exact) mass is 165 g/mol. The molecule has 0 aliphatic rings. The Hall–Kier alpha value is -1.16. The van der Waals surface area contributed by atoms with Gasteiger partial charge in [-0.25, -0.2) is 0 Å². The van der Waals surface area contributed by atoms with E-state index in [1.807, 2.05) is 30.3 Å². The molecule has 0 saturated carbocycles. The van der Waals surface area contributed by atoms with Crippen molar-refractivity contribution in [3.63, 3.8) is 0 Å². The summed E-state index contributed by atoms with van der Waals surface area (Å²) in [5.74, 6) is 0. The van der Waals surface area contributed by atoms with Gasteiger partial charge < -0.3 is 0 Å². The Morgan fingerprint density at radius 3 is 2.55 bits per heavy atom. The van der Waals surface area contributed by atoms with Crippen LogP contribution in [0, 0.1) is 10.1 Å². The molecule has 11 heavy (non-hydrogen) atoms. The molecular formula is C7H7NO2Si. The lowest BCUT2D eigenvalue weighted by molar-refractivity contribution is -0.322. The fraction of sp³-hybridized carbons (Fsp3) is 0.143. The summed E-state index contributed by atoms with van der Waals surface area (Å²) in [7, 11) is -0.212. The van der Waals surface area contributed by atoms with E-state index in [2.05, 4.69) is 0 Å². The van der Waals surface area contributed by atoms with E-state index >= 15 is 0 Å². The maximum absolute atomic E-state index is 9.99. The van der Waals surface area contributed by atoms with Crippen LogP contribution in [-0.4, -0.2) is 14.3 Å². The van der Waals surface area contributed by atoms with Gasteiger partial charge in [-0.1, -0.05) is 34.9 Å². The van der Waals surface area contributed by atoms with Crippen LogP contribution >= 0.6 is 0 Å². The van der Waals surface area contributed by atoms with E-state index in [1.165, 1.54) is 0 Å². The van der Waals surface area contributed by atoms with Gasteiger partial charge in [0.25, 0.3) is 0 Å². The van der Waals surface area contributed by atoms with Crippen molar-refractivity contribution in [2.45, 2.75) is 6.04 Å². The van der Waals surface area contributed by atoms with Crippen LogP contribution in [0.4, 0.5) is 0 Å². The summed E-state index contributed by atoms with van der Waals surface area (Å²) in [4.78, 5) is 9.99. The molecule has 0 bridgehead atoms. The lowest BCUT2D eigenvalue weighted by Crippen LogP contribution is -2.08. The molecule has 2 radical (unpaired) electrons. The molecule has 0 aliphatic heterocycles. The van der Waals surface area contributed by atoms with Crippen LogP contribution in [0.25, 0.3) is 0 Å². The van der Waals surface area contributed by atoms with E-state index in [4.69, 9.17) is 0 Å². The van der Waals surface area contributed by atoms with Crippen LogP contribution in [0.5, 0.6) is 0 Å². The molecular weight excluding hydrogens is 158 g/mol. The van der Waals surface area contributed by atoms with Gasteiger partial charge in [0.05, 0.1) is 0 Å². The Balaban J connectivity index is 2.45. The van der Waals surface area contributed by atoms with E-state index in [0.717, 1.165) is 5.56 Å². The second-order valence-corrected chi connectivity index (χ2v) is 3.11. The SMILES string of the molecule is O=[N+]([O-])[Si]Cc1ccccc1. The minimum Gasteiger partial charge on any atom is -0.290 e. The molecule has 0 aliphatic carbocycles. The zero-order valence-electron chi connectivity index (χ0n) is 5.86. The first-order valence-corrected chi connectivity index (χ1v) is 4.36. The third kappa shape index (κ3) is 2.95. The largest absolute Gasteiger partial charge is 0.559 e. The first-order chi connectivity index (χ1) is 5.29. The Morgan fingerprint density at radius 1 is 1.36 bits per heavy atom. The van der Waals surface area contributed by atoms with Crippen LogP contribution in [0.15, 0.2) is 30.3 Å². The molecule has 4 heteroatoms. The molecule has 0 heterocycles. The highest BCUT2D eigenvalue weighted by molar-refractivity contribution is 6.24. The van der Waals surface area contributed by atoms with Crippen LogP contribution in [0.2, 0.25) is 0 Å². The van der Waals surface area contributed by atoms with Crippen LogP contribution in [0.3, 0.4) is 0 Å². The molecule has 1 aromatic carbocycles. The lowest BCUT2D eigenvalue weighted by atomic mass is 10.2. The molecule has 1 aromatic rings. The molecule has 0 amide bonds. The molecule has 0 spiro atoms. The summed E-state index contributed by atoms with van der Waals surface area (Å²) in [5.41, 5.74) is 1.03. The average Bonchev–Trinajstić information content (AvgIpc) is 2.03. The second-order valence-electron chi connectivity index (χ2n) is 2.08. The minimum atomic E-state index is -0.271. The van der Waals surface area contributed by atoms with E-state index in [9.17, 15) is 10.1 Å². The number of hydrogen-bond donors (Lipinski definition) is 0. The fourth-order valence-electron chi connectivity index (χ4n) is 0.752. The van der Waals surface area contributed by atoms with Gasteiger partial charge >= 0.3 is 9.68 Å². The summed E-state index contributed by atoms with van der Waals surface area (Å²) in [5, 5.41) is 9.99. The number of rotatable bonds is 3. The second kappa shape index (κ2) is 3.87. The smallest absolute Gasteiger partial charge is 0.290 e. The number of hydrogen-bond acceptors (Lipinski definition) is 2. The van der Waals surface area contributed by atoms with Gasteiger partial charge in [-0.15, -0.1) is 0 Å². The maximum atomic E-state index is 9.99. The highest BCUT2D eigenvalue weighted by Crippen LogP contribution is 1.97. The molecule has 0 aromatic heterocycles. The first-order valence-electron chi connectivity index (χ1n) is 3.21. The highest BCUT2D eigenvalue weighted by atomic mass is 28.2. The Kier molecular flexibility index (Phi) is 2.80. The van der Waals surface area contributed by atoms with Crippen molar-refractivity contribution in [2.75, 3.05) is 0 Å². The molecule has 0 N–H and O–H groups in total. The number of nitro groups is 1. The quantitative estimate of drug-likeness (QED) is 0.382. The summed E-state index contributed by atoms with van der Waals surface area (Å²) in [6.07, 6.45) is 0. The Bertz CT molecular complexity index is 237. The molecule has 3 nitrogen and oxygen atoms in total. The standard InChI is InChI=1S/C7H7NO2Si/c9-8(10)11-6-7-4-2-1-3-5-7/h1-5H,6H2. The summed E-state index contributed by atoms with van der Waals surface area (Å²) in [6, 6.07) is 10.0. The van der Waals surface area contributed by atoms with Crippen LogP contribution in [0.1, 0.15) is 5.56 Å². The van der Waals surface area contributed by atoms with Crippen molar-refractivity contribution in [1.29, 1.82) is 0 Å². The topological polar surface area (TPSA) is 43.1 Å². The maximum Gasteiger partial charge on any atom is 0.559 e. The zero-order valence-corrected chi connectivity index (χ0v) is 6.86. The summed E-state index contributed by atoms with van der Waals surface area (Å²) < 4.78 is -0.271. The molecule has 56 valence electrons. The van der Waals surface area contributed by atoms with Gasteiger partial charge in [0.1, 0.15) is 0 Å². The van der Waals surface area contributed by atoms with E-state index < -0.39 is 0 Å². The highest BCUT2D eigenvalue weighted by Gasteiger charge is 2.06. The van der Waals surface area contributed by atoms with Gasteiger partial charge in [-0.05, 0) is 5.56 Å². The van der Waals surface area contributed by atoms with Gasteiger partial charge in [-0.3, -0.25) is 10.1 Å². The molecule has 0 fully saturated rings. The van der Waals surface area contributed by atoms with Gasteiger partial charge in [0.15, 0.2) is 0 Å². The Morgan fingerprint density at radius 2 is 2.00 bits per heavy atom. The lowest BCUT2D eigenvalue weighted by Gasteiger charge is -1.91. The van der Waals surface area contributed by atoms with Crippen LogP contribution in [-0.2, 0) is 6.04 Å². The van der Waals surface area contributed by atoms with E-state index in [0.29, 0.717) is 6.04 Å². The third-order valence-corrected chi connectivity index (χ3v) is 2.08. The van der Waals surface area contributed by atoms with Gasteiger partial charge in [-0.2, -0.15) is 0 Å². The van der Waals surface area contributed by atoms with Gasteiger partial charge in [0, 0.05) is 6.04 Å². The zero-order chi connectivity index (χ0) is 8.10. The van der Waals surface area contributed by atoms with E-state index in [1.54, 1.807) is 0 Å². The number of nitrogens with zero attached hydrogens (tertiary/aromatic N) is 1. The molecule has 0 unspecified atom stereocenters. The fourth-order valence-corrected chi connectivity index (χ4v) is 1.30. The van der Waals surface area contributed by atoms with Crippen molar-refractivity contribution >= 4 is 9.68 Å². The predicted octanol–water partition coefficient (Wildman–Crippen LogP) is 1.08. The number of benzene rings is 1. The van der Waals surface area contributed by atoms with E-state index in [-0.39, 0.29) is 14.3 Å². The average molecular weight is 165 g/mol. The Labute approximate surface area is 67.1 Å². The predicted molar refractivity (Wildman–Crippen MR) is 42.9 cm³/mol. The first kappa shape index (κ1) is 7.94. The van der Waals surface area contributed by atoms with Crippen molar-refractivity contribution in [1.82, 2.24) is 0 Å². The van der Waals surface area contributed by atoms with Crippen molar-refractivity contribution in [2.24, 2.45) is 0 Å². The van der Waals surface area contributed by atoms with Crippen molar-refractivity contribution < 1.29 is 4.59 Å². The van der Waals surface area contributed by atoms with Gasteiger partial charge in [0.2, 0.25) is 0 Å².